The van der Waals surface area contributed by atoms with E-state index < -0.39 is 0 Å². The van der Waals surface area contributed by atoms with E-state index in [0.717, 1.165) is 52.4 Å². The molecule has 5 heteroatoms. The van der Waals surface area contributed by atoms with Crippen molar-refractivity contribution in [1.82, 2.24) is 19.6 Å². The molecule has 0 aliphatic carbocycles. The summed E-state index contributed by atoms with van der Waals surface area (Å²) in [5.41, 5.74) is 0. The molecule has 0 bridgehead atoms. The SMILES string of the molecule is CCN(CC)C1CCN(CC(=O)N2CCN(C(C)C)CC2)C1. The van der Waals surface area contributed by atoms with Crippen LogP contribution in [0.5, 0.6) is 0 Å². The summed E-state index contributed by atoms with van der Waals surface area (Å²) in [7, 11) is 0. The molecule has 1 amide bonds. The summed E-state index contributed by atoms with van der Waals surface area (Å²) in [4.78, 5) is 21.9. The molecule has 0 aromatic heterocycles. The van der Waals surface area contributed by atoms with Gasteiger partial charge in [0.25, 0.3) is 0 Å². The van der Waals surface area contributed by atoms with E-state index in [4.69, 9.17) is 0 Å². The fourth-order valence-electron chi connectivity index (χ4n) is 3.77. The van der Waals surface area contributed by atoms with Crippen molar-refractivity contribution in [3.8, 4) is 0 Å². The highest BCUT2D eigenvalue weighted by Crippen LogP contribution is 2.16. The summed E-state index contributed by atoms with van der Waals surface area (Å²) in [6.07, 6.45) is 1.20. The predicted molar refractivity (Wildman–Crippen MR) is 91.1 cm³/mol. The molecule has 0 spiro atoms. The van der Waals surface area contributed by atoms with Crippen LogP contribution < -0.4 is 0 Å². The van der Waals surface area contributed by atoms with E-state index >= 15 is 0 Å². The van der Waals surface area contributed by atoms with Gasteiger partial charge in [-0.15, -0.1) is 0 Å². The maximum atomic E-state index is 12.5. The third-order valence-corrected chi connectivity index (χ3v) is 5.33. The Bertz CT molecular complexity index is 349. The number of carbonyl (C=O) groups excluding carboxylic acids is 1. The number of nitrogens with zero attached hydrogens (tertiary/aromatic N) is 4. The minimum atomic E-state index is 0.323. The quantitative estimate of drug-likeness (QED) is 0.731. The molecule has 128 valence electrons. The van der Waals surface area contributed by atoms with Crippen molar-refractivity contribution in [2.24, 2.45) is 0 Å². The van der Waals surface area contributed by atoms with Crippen LogP contribution in [0.15, 0.2) is 0 Å². The maximum Gasteiger partial charge on any atom is 0.236 e. The van der Waals surface area contributed by atoms with Crippen LogP contribution in [0.3, 0.4) is 0 Å². The summed E-state index contributed by atoms with van der Waals surface area (Å²) >= 11 is 0. The third-order valence-electron chi connectivity index (χ3n) is 5.33. The lowest BCUT2D eigenvalue weighted by molar-refractivity contribution is -0.134. The summed E-state index contributed by atoms with van der Waals surface area (Å²) in [5, 5.41) is 0. The lowest BCUT2D eigenvalue weighted by atomic mass is 10.2. The third kappa shape index (κ3) is 4.43. The number of rotatable bonds is 6. The van der Waals surface area contributed by atoms with Crippen LogP contribution in [0.4, 0.5) is 0 Å². The molecular weight excluding hydrogens is 276 g/mol. The minimum Gasteiger partial charge on any atom is -0.339 e. The van der Waals surface area contributed by atoms with Gasteiger partial charge in [0.15, 0.2) is 0 Å². The lowest BCUT2D eigenvalue weighted by Crippen LogP contribution is -2.52. The second-order valence-corrected chi connectivity index (χ2v) is 6.91. The van der Waals surface area contributed by atoms with Crippen LogP contribution in [0, 0.1) is 0 Å². The first-order chi connectivity index (χ1) is 10.5. The molecule has 2 aliphatic heterocycles. The van der Waals surface area contributed by atoms with Crippen molar-refractivity contribution in [2.45, 2.75) is 46.2 Å². The number of amides is 1. The normalized spacial score (nSPS) is 24.6. The first-order valence-electron chi connectivity index (χ1n) is 9.03. The second-order valence-electron chi connectivity index (χ2n) is 6.91. The Labute approximate surface area is 136 Å². The van der Waals surface area contributed by atoms with Crippen molar-refractivity contribution in [3.63, 3.8) is 0 Å². The van der Waals surface area contributed by atoms with Gasteiger partial charge < -0.3 is 4.90 Å². The Kier molecular flexibility index (Phi) is 6.66. The Hall–Kier alpha value is -0.650. The van der Waals surface area contributed by atoms with Gasteiger partial charge >= 0.3 is 0 Å². The zero-order valence-corrected chi connectivity index (χ0v) is 14.9. The maximum absolute atomic E-state index is 12.5. The lowest BCUT2D eigenvalue weighted by Gasteiger charge is -2.37. The summed E-state index contributed by atoms with van der Waals surface area (Å²) in [6, 6.07) is 1.23. The zero-order valence-electron chi connectivity index (χ0n) is 14.9. The number of likely N-dealkylation sites (tertiary alicyclic amines) is 1. The van der Waals surface area contributed by atoms with Crippen LogP contribution in [0.1, 0.15) is 34.1 Å². The topological polar surface area (TPSA) is 30.0 Å². The number of carbonyl (C=O) groups is 1. The van der Waals surface area contributed by atoms with E-state index in [-0.39, 0.29) is 0 Å². The van der Waals surface area contributed by atoms with E-state index in [1.165, 1.54) is 6.42 Å². The first kappa shape index (κ1) is 17.7. The van der Waals surface area contributed by atoms with Crippen molar-refractivity contribution in [2.75, 3.05) is 58.9 Å². The molecule has 5 nitrogen and oxygen atoms in total. The van der Waals surface area contributed by atoms with Gasteiger partial charge in [-0.1, -0.05) is 13.8 Å². The number of hydrogen-bond donors (Lipinski definition) is 0. The van der Waals surface area contributed by atoms with Crippen LogP contribution in [0.25, 0.3) is 0 Å². The molecule has 0 radical (unpaired) electrons. The molecule has 0 aromatic rings. The van der Waals surface area contributed by atoms with Crippen LogP contribution >= 0.6 is 0 Å². The largest absolute Gasteiger partial charge is 0.339 e. The van der Waals surface area contributed by atoms with Crippen molar-refractivity contribution >= 4 is 5.91 Å². The van der Waals surface area contributed by atoms with E-state index in [2.05, 4.69) is 47.3 Å². The molecule has 22 heavy (non-hydrogen) atoms. The fraction of sp³-hybridized carbons (Fsp3) is 0.941. The monoisotopic (exact) mass is 310 g/mol. The molecule has 0 N–H and O–H groups in total. The number of piperazine rings is 1. The average Bonchev–Trinajstić information content (AvgIpc) is 2.97. The van der Waals surface area contributed by atoms with Gasteiger partial charge in [-0.2, -0.15) is 0 Å². The van der Waals surface area contributed by atoms with Crippen molar-refractivity contribution < 1.29 is 4.79 Å². The number of hydrogen-bond acceptors (Lipinski definition) is 4. The molecule has 2 fully saturated rings. The van der Waals surface area contributed by atoms with Gasteiger partial charge in [0.1, 0.15) is 0 Å². The average molecular weight is 310 g/mol. The van der Waals surface area contributed by atoms with Gasteiger partial charge in [0.2, 0.25) is 5.91 Å². The van der Waals surface area contributed by atoms with Gasteiger partial charge in [0.05, 0.1) is 6.54 Å². The highest BCUT2D eigenvalue weighted by Gasteiger charge is 2.29. The summed E-state index contributed by atoms with van der Waals surface area (Å²) < 4.78 is 0. The van der Waals surface area contributed by atoms with Crippen LogP contribution in [0.2, 0.25) is 0 Å². The molecule has 1 unspecified atom stereocenters. The molecule has 2 aliphatic rings. The van der Waals surface area contributed by atoms with Gasteiger partial charge in [-0.05, 0) is 33.4 Å². The van der Waals surface area contributed by atoms with Gasteiger partial charge in [-0.25, -0.2) is 0 Å². The highest BCUT2D eigenvalue weighted by atomic mass is 16.2. The Balaban J connectivity index is 1.74. The predicted octanol–water partition coefficient (Wildman–Crippen LogP) is 0.955. The Morgan fingerprint density at radius 1 is 1.09 bits per heavy atom. The molecule has 0 aromatic carbocycles. The van der Waals surface area contributed by atoms with E-state index in [1.807, 2.05) is 0 Å². The standard InChI is InChI=1S/C17H34N4O/c1-5-19(6-2)16-7-8-18(13-16)14-17(22)21-11-9-20(10-12-21)15(3)4/h15-16H,5-14H2,1-4H3. The second kappa shape index (κ2) is 8.27. The molecule has 2 heterocycles. The fourth-order valence-corrected chi connectivity index (χ4v) is 3.77. The summed E-state index contributed by atoms with van der Waals surface area (Å²) in [5.74, 6) is 0.323. The minimum absolute atomic E-state index is 0.323. The van der Waals surface area contributed by atoms with Crippen molar-refractivity contribution in [3.05, 3.63) is 0 Å². The number of likely N-dealkylation sites (N-methyl/N-ethyl adjacent to an activating group) is 1. The Morgan fingerprint density at radius 3 is 2.27 bits per heavy atom. The smallest absolute Gasteiger partial charge is 0.236 e. The molecule has 0 saturated carbocycles. The van der Waals surface area contributed by atoms with Crippen LogP contribution in [-0.2, 0) is 4.79 Å². The molecule has 1 atom stereocenters. The van der Waals surface area contributed by atoms with E-state index in [1.54, 1.807) is 0 Å². The van der Waals surface area contributed by atoms with E-state index in [0.29, 0.717) is 24.5 Å². The van der Waals surface area contributed by atoms with Crippen LogP contribution in [-0.4, -0.2) is 96.5 Å². The highest BCUT2D eigenvalue weighted by molar-refractivity contribution is 5.78. The molecule has 2 rings (SSSR count). The molecular formula is C17H34N4O. The first-order valence-corrected chi connectivity index (χ1v) is 9.03. The Morgan fingerprint density at radius 2 is 1.73 bits per heavy atom. The van der Waals surface area contributed by atoms with Gasteiger partial charge in [-0.3, -0.25) is 19.5 Å². The van der Waals surface area contributed by atoms with E-state index in [9.17, 15) is 4.79 Å². The molecule has 2 saturated heterocycles. The van der Waals surface area contributed by atoms with Gasteiger partial charge in [0, 0.05) is 51.4 Å². The van der Waals surface area contributed by atoms with Crippen molar-refractivity contribution in [1.29, 1.82) is 0 Å². The zero-order chi connectivity index (χ0) is 16.1. The summed E-state index contributed by atoms with van der Waals surface area (Å²) in [6.45, 7) is 17.7.